The number of hydrogen-bond acceptors (Lipinski definition) is 3. The molecule has 19 heavy (non-hydrogen) atoms. The molecule has 1 fully saturated rings. The molecule has 0 spiro atoms. The minimum absolute atomic E-state index is 0.0959. The summed E-state index contributed by atoms with van der Waals surface area (Å²) >= 11 is 0. The molecule has 1 heterocycles. The van der Waals surface area contributed by atoms with E-state index in [-0.39, 0.29) is 12.0 Å². The number of rotatable bonds is 6. The molecule has 106 valence electrons. The molecule has 1 saturated heterocycles. The van der Waals surface area contributed by atoms with E-state index in [1.54, 1.807) is 7.11 Å². The molecular formula is C16H24O3. The van der Waals surface area contributed by atoms with Crippen LogP contribution in [-0.2, 0) is 10.2 Å². The lowest BCUT2D eigenvalue weighted by Crippen LogP contribution is -2.46. The third-order valence-corrected chi connectivity index (χ3v) is 4.03. The number of hydrogen-bond donors (Lipinski definition) is 1. The van der Waals surface area contributed by atoms with Crippen LogP contribution in [0.1, 0.15) is 43.7 Å². The largest absolute Gasteiger partial charge is 0.496 e. The summed E-state index contributed by atoms with van der Waals surface area (Å²) in [7, 11) is 1.72. The third kappa shape index (κ3) is 2.77. The lowest BCUT2D eigenvalue weighted by Gasteiger charge is -2.42. The van der Waals surface area contributed by atoms with Gasteiger partial charge in [0, 0.05) is 12.0 Å². The molecule has 3 heteroatoms. The van der Waals surface area contributed by atoms with Crippen LogP contribution in [0.25, 0.3) is 0 Å². The van der Waals surface area contributed by atoms with E-state index in [2.05, 4.69) is 32.0 Å². The van der Waals surface area contributed by atoms with Gasteiger partial charge in [-0.25, -0.2) is 0 Å². The van der Waals surface area contributed by atoms with Crippen molar-refractivity contribution < 1.29 is 14.6 Å². The Balaban J connectivity index is 2.31. The van der Waals surface area contributed by atoms with Crippen molar-refractivity contribution in [2.45, 2.75) is 38.0 Å². The zero-order chi connectivity index (χ0) is 13.9. The van der Waals surface area contributed by atoms with Gasteiger partial charge in [-0.15, -0.1) is 0 Å². The van der Waals surface area contributed by atoms with Crippen LogP contribution in [0.5, 0.6) is 5.75 Å². The molecule has 1 aromatic rings. The minimum Gasteiger partial charge on any atom is -0.496 e. The first-order valence-electron chi connectivity index (χ1n) is 7.00. The number of methoxy groups -OCH3 is 1. The number of aliphatic hydroxyl groups excluding tert-OH is 1. The maximum atomic E-state index is 9.06. The normalized spacial score (nSPS) is 17.3. The average Bonchev–Trinajstić information content (AvgIpc) is 2.37. The Kier molecular flexibility index (Phi) is 4.48. The number of aliphatic hydroxyl groups is 1. The van der Waals surface area contributed by atoms with Crippen LogP contribution in [0.2, 0.25) is 0 Å². The standard InChI is InChI=1S/C16H24O3/c1-12(2)14-9-13(5-6-15(14)18-3)16(7-4-8-17)10-19-11-16/h5-6,9,12,17H,4,7-8,10-11H2,1-3H3. The van der Waals surface area contributed by atoms with Crippen LogP contribution >= 0.6 is 0 Å². The maximum Gasteiger partial charge on any atom is 0.122 e. The van der Waals surface area contributed by atoms with Crippen LogP contribution in [0.15, 0.2) is 18.2 Å². The van der Waals surface area contributed by atoms with Gasteiger partial charge in [0.1, 0.15) is 5.75 Å². The summed E-state index contributed by atoms with van der Waals surface area (Å²) in [6, 6.07) is 6.46. The van der Waals surface area contributed by atoms with Gasteiger partial charge in [0.25, 0.3) is 0 Å². The average molecular weight is 264 g/mol. The van der Waals surface area contributed by atoms with Crippen molar-refractivity contribution in [3.05, 3.63) is 29.3 Å². The fraction of sp³-hybridized carbons (Fsp3) is 0.625. The van der Waals surface area contributed by atoms with Gasteiger partial charge in [0.15, 0.2) is 0 Å². The van der Waals surface area contributed by atoms with Crippen molar-refractivity contribution in [3.63, 3.8) is 0 Å². The molecule has 0 aromatic heterocycles. The van der Waals surface area contributed by atoms with Crippen LogP contribution < -0.4 is 4.74 Å². The molecule has 0 unspecified atom stereocenters. The van der Waals surface area contributed by atoms with Crippen molar-refractivity contribution in [3.8, 4) is 5.75 Å². The molecule has 1 aromatic carbocycles. The Labute approximate surface area is 115 Å². The summed E-state index contributed by atoms with van der Waals surface area (Å²) in [6.45, 7) is 6.13. The van der Waals surface area contributed by atoms with Crippen molar-refractivity contribution in [2.75, 3.05) is 26.9 Å². The van der Waals surface area contributed by atoms with Crippen LogP contribution in [0, 0.1) is 0 Å². The number of ether oxygens (including phenoxy) is 2. The lowest BCUT2D eigenvalue weighted by atomic mass is 9.74. The van der Waals surface area contributed by atoms with Gasteiger partial charge in [-0.2, -0.15) is 0 Å². The molecule has 0 saturated carbocycles. The third-order valence-electron chi connectivity index (χ3n) is 4.03. The Morgan fingerprint density at radius 1 is 1.37 bits per heavy atom. The van der Waals surface area contributed by atoms with E-state index in [9.17, 15) is 0 Å². The Bertz CT molecular complexity index is 422. The Hall–Kier alpha value is -1.06. The highest BCUT2D eigenvalue weighted by Crippen LogP contribution is 2.39. The quantitative estimate of drug-likeness (QED) is 0.858. The lowest BCUT2D eigenvalue weighted by molar-refractivity contribution is -0.0665. The second kappa shape index (κ2) is 5.93. The highest BCUT2D eigenvalue weighted by molar-refractivity contribution is 5.42. The molecule has 1 aliphatic rings. The van der Waals surface area contributed by atoms with Gasteiger partial charge < -0.3 is 14.6 Å². The van der Waals surface area contributed by atoms with E-state index in [0.29, 0.717) is 5.92 Å². The molecule has 3 nitrogen and oxygen atoms in total. The first kappa shape index (κ1) is 14.4. The maximum absolute atomic E-state index is 9.06. The summed E-state index contributed by atoms with van der Waals surface area (Å²) in [5, 5.41) is 9.06. The Morgan fingerprint density at radius 2 is 2.11 bits per heavy atom. The van der Waals surface area contributed by atoms with E-state index in [0.717, 1.165) is 31.8 Å². The molecular weight excluding hydrogens is 240 g/mol. The van der Waals surface area contributed by atoms with E-state index in [4.69, 9.17) is 14.6 Å². The monoisotopic (exact) mass is 264 g/mol. The molecule has 0 amide bonds. The van der Waals surface area contributed by atoms with Crippen LogP contribution in [0.4, 0.5) is 0 Å². The van der Waals surface area contributed by atoms with E-state index in [1.165, 1.54) is 11.1 Å². The van der Waals surface area contributed by atoms with Crippen molar-refractivity contribution in [1.82, 2.24) is 0 Å². The van der Waals surface area contributed by atoms with Crippen LogP contribution in [0.3, 0.4) is 0 Å². The Morgan fingerprint density at radius 3 is 2.58 bits per heavy atom. The highest BCUT2D eigenvalue weighted by Gasteiger charge is 2.40. The second-order valence-electron chi connectivity index (χ2n) is 5.71. The zero-order valence-corrected chi connectivity index (χ0v) is 12.1. The van der Waals surface area contributed by atoms with Gasteiger partial charge in [-0.05, 0) is 36.0 Å². The second-order valence-corrected chi connectivity index (χ2v) is 5.71. The summed E-state index contributed by atoms with van der Waals surface area (Å²) in [4.78, 5) is 0. The SMILES string of the molecule is COc1ccc(C2(CCCO)COC2)cc1C(C)C. The molecule has 0 radical (unpaired) electrons. The van der Waals surface area contributed by atoms with Crippen LogP contribution in [-0.4, -0.2) is 32.0 Å². The predicted molar refractivity (Wildman–Crippen MR) is 75.9 cm³/mol. The first-order valence-corrected chi connectivity index (χ1v) is 7.00. The summed E-state index contributed by atoms with van der Waals surface area (Å²) in [5.74, 6) is 1.39. The molecule has 0 aliphatic carbocycles. The minimum atomic E-state index is 0.0959. The molecule has 0 bridgehead atoms. The van der Waals surface area contributed by atoms with Crippen molar-refractivity contribution in [1.29, 1.82) is 0 Å². The van der Waals surface area contributed by atoms with E-state index in [1.807, 2.05) is 0 Å². The van der Waals surface area contributed by atoms with Gasteiger partial charge in [0.05, 0.1) is 20.3 Å². The van der Waals surface area contributed by atoms with Crippen molar-refractivity contribution >= 4 is 0 Å². The smallest absolute Gasteiger partial charge is 0.122 e. The number of benzene rings is 1. The van der Waals surface area contributed by atoms with Gasteiger partial charge in [-0.3, -0.25) is 0 Å². The van der Waals surface area contributed by atoms with Gasteiger partial charge in [-0.1, -0.05) is 26.0 Å². The van der Waals surface area contributed by atoms with Gasteiger partial charge >= 0.3 is 0 Å². The van der Waals surface area contributed by atoms with Gasteiger partial charge in [0.2, 0.25) is 0 Å². The topological polar surface area (TPSA) is 38.7 Å². The fourth-order valence-electron chi connectivity index (χ4n) is 2.74. The summed E-state index contributed by atoms with van der Waals surface area (Å²) < 4.78 is 10.9. The first-order chi connectivity index (χ1) is 9.13. The fourth-order valence-corrected chi connectivity index (χ4v) is 2.74. The summed E-state index contributed by atoms with van der Waals surface area (Å²) in [6.07, 6.45) is 1.81. The molecule has 2 rings (SSSR count). The van der Waals surface area contributed by atoms with Crippen molar-refractivity contribution in [2.24, 2.45) is 0 Å². The molecule has 0 atom stereocenters. The van der Waals surface area contributed by atoms with E-state index >= 15 is 0 Å². The molecule has 1 aliphatic heterocycles. The highest BCUT2D eigenvalue weighted by atomic mass is 16.5. The zero-order valence-electron chi connectivity index (χ0n) is 12.1. The molecule has 1 N–H and O–H groups in total. The predicted octanol–water partition coefficient (Wildman–Crippen LogP) is 2.86. The van der Waals surface area contributed by atoms with E-state index < -0.39 is 0 Å². The summed E-state index contributed by atoms with van der Waals surface area (Å²) in [5.41, 5.74) is 2.66.